The summed E-state index contributed by atoms with van der Waals surface area (Å²) in [4.78, 5) is 29.4. The van der Waals surface area contributed by atoms with E-state index in [1.807, 2.05) is 17.0 Å². The first-order chi connectivity index (χ1) is 18.7. The van der Waals surface area contributed by atoms with Gasteiger partial charge in [0.1, 0.15) is 5.82 Å². The van der Waals surface area contributed by atoms with Crippen LogP contribution in [0.5, 0.6) is 0 Å². The zero-order valence-electron chi connectivity index (χ0n) is 21.1. The minimum absolute atomic E-state index is 0.0947. The van der Waals surface area contributed by atoms with Crippen molar-refractivity contribution in [3.8, 4) is 0 Å². The van der Waals surface area contributed by atoms with Crippen LogP contribution in [0.1, 0.15) is 40.6 Å². The summed E-state index contributed by atoms with van der Waals surface area (Å²) in [5.74, 6) is -0.829. The number of piperidine rings is 1. The number of morpholine rings is 1. The molecule has 9 nitrogen and oxygen atoms in total. The third kappa shape index (κ3) is 6.24. The van der Waals surface area contributed by atoms with Gasteiger partial charge in [0.25, 0.3) is 5.91 Å². The average molecular weight is 564 g/mol. The molecule has 0 aliphatic carbocycles. The van der Waals surface area contributed by atoms with Crippen LogP contribution < -0.4 is 16.0 Å². The minimum Gasteiger partial charge on any atom is -0.379 e. The highest BCUT2D eigenvalue weighted by molar-refractivity contribution is 6.35. The van der Waals surface area contributed by atoms with E-state index in [1.54, 1.807) is 12.1 Å². The highest BCUT2D eigenvalue weighted by Gasteiger charge is 2.35. The second-order valence-corrected chi connectivity index (χ2v) is 10.1. The summed E-state index contributed by atoms with van der Waals surface area (Å²) in [6.45, 7) is 3.72. The van der Waals surface area contributed by atoms with Crippen LogP contribution >= 0.6 is 11.6 Å². The Bertz CT molecular complexity index is 1320. The van der Waals surface area contributed by atoms with Crippen LogP contribution in [0.2, 0.25) is 5.02 Å². The summed E-state index contributed by atoms with van der Waals surface area (Å²) in [5, 5.41) is 3.79. The minimum atomic E-state index is -4.64. The van der Waals surface area contributed by atoms with Crippen molar-refractivity contribution in [2.24, 2.45) is 5.73 Å². The Kier molecular flexibility index (Phi) is 8.17. The number of ether oxygens (including phenoxy) is 1. The molecule has 2 aliphatic heterocycles. The van der Waals surface area contributed by atoms with Gasteiger partial charge in [-0.05, 0) is 37.1 Å². The number of hydrogen-bond donors (Lipinski definition) is 2. The summed E-state index contributed by atoms with van der Waals surface area (Å²) in [7, 11) is 0. The Morgan fingerprint density at radius 2 is 1.90 bits per heavy atom. The van der Waals surface area contributed by atoms with Gasteiger partial charge in [-0.1, -0.05) is 11.6 Å². The van der Waals surface area contributed by atoms with Gasteiger partial charge in [-0.2, -0.15) is 13.2 Å². The zero-order chi connectivity index (χ0) is 27.6. The first kappa shape index (κ1) is 27.5. The fraction of sp³-hybridized carbons (Fsp3) is 0.462. The van der Waals surface area contributed by atoms with Crippen molar-refractivity contribution >= 4 is 34.2 Å². The van der Waals surface area contributed by atoms with Gasteiger partial charge in [0.15, 0.2) is 0 Å². The lowest BCUT2D eigenvalue weighted by Crippen LogP contribution is -2.44. The molecule has 4 heterocycles. The fourth-order valence-electron chi connectivity index (χ4n) is 5.07. The molecule has 2 atom stereocenters. The number of carbonyl (C=O) groups is 1. The quantitative estimate of drug-likeness (QED) is 0.469. The number of anilines is 1. The number of halogens is 4. The van der Waals surface area contributed by atoms with Gasteiger partial charge in [-0.15, -0.1) is 0 Å². The van der Waals surface area contributed by atoms with Crippen molar-refractivity contribution in [3.63, 3.8) is 0 Å². The number of alkyl halides is 3. The SMILES string of the molecule is N[C@@H]1CCCN(c2ccc3c(C(=O)NCC(c4cnc(C(F)(F)F)nc4)N4CCOCC4)c(Cl)ccc3n2)C1. The molecule has 5 rings (SSSR count). The number of benzene rings is 1. The van der Waals surface area contributed by atoms with Gasteiger partial charge in [-0.3, -0.25) is 9.69 Å². The number of pyridine rings is 1. The van der Waals surface area contributed by atoms with Gasteiger partial charge in [-0.25, -0.2) is 15.0 Å². The van der Waals surface area contributed by atoms with E-state index in [-0.39, 0.29) is 23.2 Å². The van der Waals surface area contributed by atoms with Crippen LogP contribution in [0.25, 0.3) is 10.9 Å². The Balaban J connectivity index is 1.38. The number of carbonyl (C=O) groups excluding carboxylic acids is 1. The molecule has 3 aromatic rings. The average Bonchev–Trinajstić information content (AvgIpc) is 2.93. The highest BCUT2D eigenvalue weighted by Crippen LogP contribution is 2.30. The van der Waals surface area contributed by atoms with E-state index in [0.29, 0.717) is 42.8 Å². The second kappa shape index (κ2) is 11.6. The van der Waals surface area contributed by atoms with Crippen molar-refractivity contribution < 1.29 is 22.7 Å². The molecular formula is C26H29ClF3N7O2. The molecule has 0 spiro atoms. The van der Waals surface area contributed by atoms with Crippen molar-refractivity contribution in [1.82, 2.24) is 25.2 Å². The summed E-state index contributed by atoms with van der Waals surface area (Å²) in [6.07, 6.45) is -0.354. The Morgan fingerprint density at radius 3 is 2.59 bits per heavy atom. The third-order valence-electron chi connectivity index (χ3n) is 7.07. The first-order valence-corrected chi connectivity index (χ1v) is 13.2. The number of fused-ring (bicyclic) bond motifs is 1. The largest absolute Gasteiger partial charge is 0.451 e. The second-order valence-electron chi connectivity index (χ2n) is 9.72. The molecule has 1 aromatic carbocycles. The van der Waals surface area contributed by atoms with Gasteiger partial charge in [0.05, 0.1) is 35.4 Å². The molecule has 0 radical (unpaired) electrons. The molecular weight excluding hydrogens is 535 g/mol. The molecule has 1 unspecified atom stereocenters. The number of nitrogens with one attached hydrogen (secondary N) is 1. The van der Waals surface area contributed by atoms with Gasteiger partial charge in [0.2, 0.25) is 5.82 Å². The molecule has 3 N–H and O–H groups in total. The van der Waals surface area contributed by atoms with E-state index < -0.39 is 23.9 Å². The van der Waals surface area contributed by atoms with E-state index in [2.05, 4.69) is 20.2 Å². The van der Waals surface area contributed by atoms with Crippen LogP contribution in [0, 0.1) is 0 Å². The predicted molar refractivity (Wildman–Crippen MR) is 141 cm³/mol. The number of aromatic nitrogens is 3. The van der Waals surface area contributed by atoms with Gasteiger partial charge in [0, 0.05) is 62.1 Å². The van der Waals surface area contributed by atoms with Crippen LogP contribution in [0.15, 0.2) is 36.7 Å². The van der Waals surface area contributed by atoms with Crippen LogP contribution in [0.4, 0.5) is 19.0 Å². The first-order valence-electron chi connectivity index (χ1n) is 12.8. The molecule has 2 aliphatic rings. The maximum atomic E-state index is 13.4. The number of amides is 1. The maximum Gasteiger partial charge on any atom is 0.451 e. The lowest BCUT2D eigenvalue weighted by atomic mass is 10.0. The monoisotopic (exact) mass is 563 g/mol. The standard InChI is InChI=1S/C26H29ClF3N7O2/c27-19-4-5-20-18(3-6-22(35-20)37-7-1-2-17(31)15-37)23(19)24(38)32-14-21(36-8-10-39-11-9-36)16-12-33-25(34-13-16)26(28,29)30/h3-6,12-13,17,21H,1-2,7-11,14-15,31H2,(H,32,38)/t17-,21?/m1/s1. The molecule has 13 heteroatoms. The van der Waals surface area contributed by atoms with Gasteiger partial charge >= 0.3 is 6.18 Å². The Labute approximate surface area is 228 Å². The molecule has 2 aromatic heterocycles. The lowest BCUT2D eigenvalue weighted by Gasteiger charge is -2.34. The van der Waals surface area contributed by atoms with Crippen LogP contribution in [-0.4, -0.2) is 77.7 Å². The summed E-state index contributed by atoms with van der Waals surface area (Å²) >= 11 is 6.48. The molecule has 0 bridgehead atoms. The van der Waals surface area contributed by atoms with Crippen molar-refractivity contribution in [3.05, 3.63) is 58.6 Å². The lowest BCUT2D eigenvalue weighted by molar-refractivity contribution is -0.145. The zero-order valence-corrected chi connectivity index (χ0v) is 21.9. The summed E-state index contributed by atoms with van der Waals surface area (Å²) in [6, 6.07) is 6.75. The van der Waals surface area contributed by atoms with Crippen molar-refractivity contribution in [2.75, 3.05) is 50.8 Å². The van der Waals surface area contributed by atoms with E-state index in [1.165, 1.54) is 0 Å². The molecule has 0 saturated carbocycles. The number of hydrogen-bond acceptors (Lipinski definition) is 8. The summed E-state index contributed by atoms with van der Waals surface area (Å²) in [5.41, 5.74) is 7.50. The smallest absolute Gasteiger partial charge is 0.379 e. The van der Waals surface area contributed by atoms with Crippen molar-refractivity contribution in [2.45, 2.75) is 31.1 Å². The van der Waals surface area contributed by atoms with Crippen LogP contribution in [0.3, 0.4) is 0 Å². The molecule has 1 amide bonds. The van der Waals surface area contributed by atoms with Crippen molar-refractivity contribution in [1.29, 1.82) is 0 Å². The highest BCUT2D eigenvalue weighted by atomic mass is 35.5. The molecule has 39 heavy (non-hydrogen) atoms. The third-order valence-corrected chi connectivity index (χ3v) is 7.38. The normalized spacial score (nSPS) is 19.7. The number of nitrogens with two attached hydrogens (primary N) is 1. The molecule has 2 saturated heterocycles. The summed E-state index contributed by atoms with van der Waals surface area (Å²) < 4.78 is 44.4. The Hall–Kier alpha value is -3.06. The van der Waals surface area contributed by atoms with Crippen LogP contribution in [-0.2, 0) is 10.9 Å². The fourth-order valence-corrected chi connectivity index (χ4v) is 5.32. The maximum absolute atomic E-state index is 13.4. The van der Waals surface area contributed by atoms with E-state index in [4.69, 9.17) is 27.1 Å². The van der Waals surface area contributed by atoms with E-state index in [0.717, 1.165) is 44.1 Å². The Morgan fingerprint density at radius 1 is 1.15 bits per heavy atom. The predicted octanol–water partition coefficient (Wildman–Crippen LogP) is 3.43. The molecule has 2 fully saturated rings. The number of rotatable bonds is 6. The van der Waals surface area contributed by atoms with E-state index >= 15 is 0 Å². The molecule has 208 valence electrons. The topological polar surface area (TPSA) is 110 Å². The van der Waals surface area contributed by atoms with Gasteiger partial charge < -0.3 is 20.7 Å². The number of nitrogens with zero attached hydrogens (tertiary/aromatic N) is 5. The van der Waals surface area contributed by atoms with E-state index in [9.17, 15) is 18.0 Å².